The number of rotatable bonds is 0. The molecule has 0 aliphatic carbocycles. The first-order chi connectivity index (χ1) is 3.39. The van der Waals surface area contributed by atoms with Gasteiger partial charge in [-0.15, -0.1) is 0 Å². The van der Waals surface area contributed by atoms with E-state index in [4.69, 9.17) is 1.37 Å². The van der Waals surface area contributed by atoms with Gasteiger partial charge in [-0.2, -0.15) is 0 Å². The van der Waals surface area contributed by atoms with Gasteiger partial charge in [-0.1, -0.05) is 21.6 Å². The minimum absolute atomic E-state index is 0.166. The van der Waals surface area contributed by atoms with Crippen molar-refractivity contribution < 1.29 is 1.37 Å². The minimum atomic E-state index is 0.166. The molecular weight excluding hydrogens is 112 g/mol. The Labute approximate surface area is 47.9 Å². The predicted octanol–water partition coefficient (Wildman–Crippen LogP) is 2.16. The summed E-state index contributed by atoms with van der Waals surface area (Å²) in [5.74, 6) is 1.25. The highest BCUT2D eigenvalue weighted by Gasteiger charge is 1.96. The molecule has 1 aliphatic rings. The number of hydrogen-bond donors (Lipinski definition) is 0. The summed E-state index contributed by atoms with van der Waals surface area (Å²) >= 11 is 0. The van der Waals surface area contributed by atoms with Crippen molar-refractivity contribution >= 4 is 21.6 Å². The Bertz CT molecular complexity index is 51.7. The molecule has 1 atom stereocenters. The van der Waals surface area contributed by atoms with Crippen molar-refractivity contribution in [3.8, 4) is 0 Å². The Balaban J connectivity index is 2.12. The molecule has 0 aromatic carbocycles. The quantitative estimate of drug-likeness (QED) is 0.450. The van der Waals surface area contributed by atoms with Crippen LogP contribution in [0.5, 0.6) is 0 Å². The van der Waals surface area contributed by atoms with Crippen molar-refractivity contribution in [2.45, 2.75) is 12.8 Å². The second-order valence-electron chi connectivity index (χ2n) is 1.23. The van der Waals surface area contributed by atoms with Crippen molar-refractivity contribution in [1.82, 2.24) is 0 Å². The Kier molecular flexibility index (Phi) is 1.72. The lowest BCUT2D eigenvalue weighted by Crippen LogP contribution is -1.86. The monoisotopic (exact) mass is 121 g/mol. The molecule has 0 bridgehead atoms. The molecular formula is C4H8S2. The van der Waals surface area contributed by atoms with Gasteiger partial charge in [0.25, 0.3) is 0 Å². The maximum atomic E-state index is 7.21. The summed E-state index contributed by atoms with van der Waals surface area (Å²) < 4.78 is 7.21. The van der Waals surface area contributed by atoms with Gasteiger partial charge in [0.05, 0.1) is 0 Å². The lowest BCUT2D eigenvalue weighted by Gasteiger charge is -2.04. The average molecular weight is 121 g/mol. The first-order valence-corrected chi connectivity index (χ1v) is 4.48. The highest BCUT2D eigenvalue weighted by molar-refractivity contribution is 8.76. The summed E-state index contributed by atoms with van der Waals surface area (Å²) in [6.07, 6.45) is 2.34. The average Bonchev–Trinajstić information content (AvgIpc) is 1.69. The van der Waals surface area contributed by atoms with Gasteiger partial charge >= 0.3 is 0 Å². The van der Waals surface area contributed by atoms with Crippen LogP contribution < -0.4 is 0 Å². The second-order valence-corrected chi connectivity index (χ2v) is 3.68. The van der Waals surface area contributed by atoms with Gasteiger partial charge in [0.2, 0.25) is 0 Å². The van der Waals surface area contributed by atoms with E-state index in [0.29, 0.717) is 0 Å². The molecule has 1 aliphatic heterocycles. The maximum Gasteiger partial charge on any atom is 0.0389 e. The van der Waals surface area contributed by atoms with Crippen LogP contribution in [0.1, 0.15) is 14.2 Å². The Morgan fingerprint density at radius 1 is 1.33 bits per heavy atom. The van der Waals surface area contributed by atoms with Crippen LogP contribution in [-0.2, 0) is 0 Å². The zero-order valence-corrected chi connectivity index (χ0v) is 5.15. The molecule has 0 N–H and O–H groups in total. The van der Waals surface area contributed by atoms with E-state index < -0.39 is 0 Å². The smallest absolute Gasteiger partial charge is 0.0389 e. The predicted molar refractivity (Wildman–Crippen MR) is 34.1 cm³/mol. The largest absolute Gasteiger partial charge is 0.0942 e. The van der Waals surface area contributed by atoms with Crippen LogP contribution in [0.15, 0.2) is 0 Å². The molecule has 0 spiro atoms. The third-order valence-electron chi connectivity index (χ3n) is 0.686. The summed E-state index contributed by atoms with van der Waals surface area (Å²) in [5, 5.41) is 0. The van der Waals surface area contributed by atoms with Crippen LogP contribution in [0, 0.1) is 0 Å². The molecule has 1 rings (SSSR count). The molecule has 0 nitrogen and oxygen atoms in total. The summed E-state index contributed by atoms with van der Waals surface area (Å²) in [5.41, 5.74) is 0.166. The highest BCUT2D eigenvalue weighted by atomic mass is 33.1. The van der Waals surface area contributed by atoms with E-state index in [-0.39, 0.29) is 5.73 Å². The van der Waals surface area contributed by atoms with E-state index in [1.807, 2.05) is 10.8 Å². The second kappa shape index (κ2) is 2.80. The van der Waals surface area contributed by atoms with Gasteiger partial charge in [0, 0.05) is 12.9 Å². The SMILES string of the molecule is [2H]C1CCCSS1. The van der Waals surface area contributed by atoms with Gasteiger partial charge in [-0.25, -0.2) is 0 Å². The fraction of sp³-hybridized carbons (Fsp3) is 1.00. The maximum absolute atomic E-state index is 7.21. The van der Waals surface area contributed by atoms with Crippen molar-refractivity contribution in [3.05, 3.63) is 0 Å². The van der Waals surface area contributed by atoms with Crippen molar-refractivity contribution in [2.24, 2.45) is 0 Å². The van der Waals surface area contributed by atoms with Crippen LogP contribution in [-0.4, -0.2) is 11.5 Å². The van der Waals surface area contributed by atoms with E-state index in [0.717, 1.165) is 6.42 Å². The van der Waals surface area contributed by atoms with E-state index in [9.17, 15) is 0 Å². The molecule has 36 valence electrons. The molecule has 1 unspecified atom stereocenters. The summed E-state index contributed by atoms with van der Waals surface area (Å²) in [4.78, 5) is 0. The lowest BCUT2D eigenvalue weighted by atomic mass is 10.4. The summed E-state index contributed by atoms with van der Waals surface area (Å²) in [6, 6.07) is 0. The molecule has 1 saturated heterocycles. The summed E-state index contributed by atoms with van der Waals surface area (Å²) in [6.45, 7) is 0. The molecule has 0 aromatic rings. The first-order valence-electron chi connectivity index (χ1n) is 2.68. The van der Waals surface area contributed by atoms with Crippen LogP contribution >= 0.6 is 21.6 Å². The van der Waals surface area contributed by atoms with E-state index in [1.54, 1.807) is 10.8 Å². The van der Waals surface area contributed by atoms with E-state index in [2.05, 4.69) is 0 Å². The third kappa shape index (κ3) is 1.43. The van der Waals surface area contributed by atoms with Gasteiger partial charge in [-0.05, 0) is 12.8 Å². The van der Waals surface area contributed by atoms with E-state index in [1.165, 1.54) is 12.2 Å². The van der Waals surface area contributed by atoms with Crippen molar-refractivity contribution in [3.63, 3.8) is 0 Å². The molecule has 0 saturated carbocycles. The number of hydrogen-bond acceptors (Lipinski definition) is 2. The molecule has 1 heterocycles. The molecule has 2 heteroatoms. The molecule has 0 amide bonds. The van der Waals surface area contributed by atoms with Crippen molar-refractivity contribution in [1.29, 1.82) is 0 Å². The topological polar surface area (TPSA) is 0 Å². The van der Waals surface area contributed by atoms with Gasteiger partial charge in [0.1, 0.15) is 0 Å². The van der Waals surface area contributed by atoms with Gasteiger partial charge in [-0.3, -0.25) is 0 Å². The minimum Gasteiger partial charge on any atom is -0.0942 e. The zero-order valence-electron chi connectivity index (χ0n) is 4.52. The normalized spacial score (nSPS) is 38.7. The zero-order chi connectivity index (χ0) is 5.11. The molecule has 0 aromatic heterocycles. The standard InChI is InChI=1S/C4H8S2/c1-2-4-6-5-3-1/h1-4H2/i3D. The highest BCUT2D eigenvalue weighted by Crippen LogP contribution is 2.28. The first kappa shape index (κ1) is 3.67. The Hall–Kier alpha value is 0.700. The Morgan fingerprint density at radius 3 is 2.67 bits per heavy atom. The van der Waals surface area contributed by atoms with Gasteiger partial charge < -0.3 is 0 Å². The third-order valence-corrected chi connectivity index (χ3v) is 2.97. The van der Waals surface area contributed by atoms with Crippen LogP contribution in [0.3, 0.4) is 0 Å². The fourth-order valence-corrected chi connectivity index (χ4v) is 2.33. The fourth-order valence-electron chi connectivity index (χ4n) is 0.370. The van der Waals surface area contributed by atoms with Crippen LogP contribution in [0.2, 0.25) is 0 Å². The Morgan fingerprint density at radius 2 is 2.33 bits per heavy atom. The van der Waals surface area contributed by atoms with Crippen molar-refractivity contribution in [2.75, 3.05) is 11.5 Å². The lowest BCUT2D eigenvalue weighted by molar-refractivity contribution is 0.906. The van der Waals surface area contributed by atoms with Gasteiger partial charge in [0.15, 0.2) is 0 Å². The molecule has 6 heavy (non-hydrogen) atoms. The summed E-state index contributed by atoms with van der Waals surface area (Å²) in [7, 11) is 3.53. The molecule has 0 radical (unpaired) electrons. The van der Waals surface area contributed by atoms with Crippen LogP contribution in [0.4, 0.5) is 0 Å². The van der Waals surface area contributed by atoms with E-state index >= 15 is 0 Å². The molecule has 1 fully saturated rings. The van der Waals surface area contributed by atoms with Crippen LogP contribution in [0.25, 0.3) is 0 Å².